The normalized spacial score (nSPS) is 12.1. The summed E-state index contributed by atoms with van der Waals surface area (Å²) in [5.41, 5.74) is 0.775. The topological polar surface area (TPSA) is 71.1 Å². The number of halogens is 1. The van der Waals surface area contributed by atoms with E-state index in [0.29, 0.717) is 42.2 Å². The van der Waals surface area contributed by atoms with Gasteiger partial charge in [-0.3, -0.25) is 13.9 Å². The molecule has 0 aliphatic heterocycles. The molecule has 30 heavy (non-hydrogen) atoms. The van der Waals surface area contributed by atoms with E-state index < -0.39 is 0 Å². The Morgan fingerprint density at radius 3 is 2.37 bits per heavy atom. The first kappa shape index (κ1) is 22.3. The molecule has 0 bridgehead atoms. The standard InChI is InChI=1S/C22H29ClN4O3/c1-6-17-24-19-18(25(17)5)20(28)27(14-15-8-10-16(23)11-9-15)21(29)26(19)12-7-13-30-22(2,3)4/h8-11H,6-7,12-14H2,1-5H3. The van der Waals surface area contributed by atoms with Crippen LogP contribution < -0.4 is 11.2 Å². The van der Waals surface area contributed by atoms with Crippen LogP contribution in [0.3, 0.4) is 0 Å². The van der Waals surface area contributed by atoms with Crippen LogP contribution in [0.4, 0.5) is 0 Å². The number of fused-ring (bicyclic) bond motifs is 1. The maximum Gasteiger partial charge on any atom is 0.333 e. The van der Waals surface area contributed by atoms with E-state index in [4.69, 9.17) is 16.3 Å². The van der Waals surface area contributed by atoms with Crippen molar-refractivity contribution in [2.24, 2.45) is 7.05 Å². The van der Waals surface area contributed by atoms with Crippen LogP contribution >= 0.6 is 11.6 Å². The zero-order chi connectivity index (χ0) is 22.1. The van der Waals surface area contributed by atoms with Crippen LogP contribution in [0.25, 0.3) is 11.2 Å². The number of nitrogens with zero attached hydrogens (tertiary/aromatic N) is 4. The van der Waals surface area contributed by atoms with Gasteiger partial charge in [-0.1, -0.05) is 30.7 Å². The van der Waals surface area contributed by atoms with Crippen molar-refractivity contribution >= 4 is 22.8 Å². The fourth-order valence-electron chi connectivity index (χ4n) is 3.44. The molecule has 3 rings (SSSR count). The minimum absolute atomic E-state index is 0.176. The predicted molar refractivity (Wildman–Crippen MR) is 119 cm³/mol. The number of ether oxygens (including phenoxy) is 1. The molecule has 0 amide bonds. The summed E-state index contributed by atoms with van der Waals surface area (Å²) in [5.74, 6) is 0.769. The van der Waals surface area contributed by atoms with Gasteiger partial charge in [-0.25, -0.2) is 9.78 Å². The highest BCUT2D eigenvalue weighted by atomic mass is 35.5. The first-order valence-electron chi connectivity index (χ1n) is 10.2. The molecule has 0 saturated carbocycles. The Morgan fingerprint density at radius 1 is 1.10 bits per heavy atom. The Morgan fingerprint density at radius 2 is 1.77 bits per heavy atom. The number of hydrogen-bond donors (Lipinski definition) is 0. The highest BCUT2D eigenvalue weighted by Crippen LogP contribution is 2.14. The van der Waals surface area contributed by atoms with Gasteiger partial charge in [0.1, 0.15) is 5.82 Å². The first-order valence-corrected chi connectivity index (χ1v) is 10.6. The van der Waals surface area contributed by atoms with Crippen molar-refractivity contribution in [3.63, 3.8) is 0 Å². The van der Waals surface area contributed by atoms with E-state index in [1.165, 1.54) is 4.57 Å². The quantitative estimate of drug-likeness (QED) is 0.537. The molecule has 0 saturated heterocycles. The molecule has 0 N–H and O–H groups in total. The van der Waals surface area contributed by atoms with E-state index in [-0.39, 0.29) is 23.4 Å². The van der Waals surface area contributed by atoms with Crippen molar-refractivity contribution in [1.82, 2.24) is 18.7 Å². The van der Waals surface area contributed by atoms with Gasteiger partial charge in [0.15, 0.2) is 11.2 Å². The zero-order valence-corrected chi connectivity index (χ0v) is 19.0. The molecule has 8 heteroatoms. The second-order valence-electron chi connectivity index (χ2n) is 8.38. The lowest BCUT2D eigenvalue weighted by Gasteiger charge is -2.19. The second kappa shape index (κ2) is 8.78. The van der Waals surface area contributed by atoms with Gasteiger partial charge < -0.3 is 9.30 Å². The fraction of sp³-hybridized carbons (Fsp3) is 0.500. The third-order valence-corrected chi connectivity index (χ3v) is 5.22. The largest absolute Gasteiger partial charge is 0.376 e. The molecule has 0 radical (unpaired) electrons. The van der Waals surface area contributed by atoms with Crippen LogP contribution in [-0.2, 0) is 31.3 Å². The van der Waals surface area contributed by atoms with Gasteiger partial charge in [-0.2, -0.15) is 0 Å². The molecule has 3 aromatic rings. The number of benzene rings is 1. The van der Waals surface area contributed by atoms with Crippen LogP contribution in [-0.4, -0.2) is 30.9 Å². The van der Waals surface area contributed by atoms with Crippen LogP contribution in [0.5, 0.6) is 0 Å². The highest BCUT2D eigenvalue weighted by molar-refractivity contribution is 6.30. The average Bonchev–Trinajstić information content (AvgIpc) is 3.01. The van der Waals surface area contributed by atoms with Crippen molar-refractivity contribution in [1.29, 1.82) is 0 Å². The Hall–Kier alpha value is -2.38. The fourth-order valence-corrected chi connectivity index (χ4v) is 3.56. The van der Waals surface area contributed by atoms with Crippen LogP contribution in [0.1, 0.15) is 45.5 Å². The summed E-state index contributed by atoms with van der Waals surface area (Å²) in [5, 5.41) is 0.608. The van der Waals surface area contributed by atoms with Gasteiger partial charge in [-0.05, 0) is 44.9 Å². The maximum absolute atomic E-state index is 13.3. The summed E-state index contributed by atoms with van der Waals surface area (Å²) < 4.78 is 10.5. The summed E-state index contributed by atoms with van der Waals surface area (Å²) in [6.45, 7) is 9.08. The molecule has 0 fully saturated rings. The Kier molecular flexibility index (Phi) is 6.53. The van der Waals surface area contributed by atoms with Gasteiger partial charge in [0.2, 0.25) is 0 Å². The van der Waals surface area contributed by atoms with Crippen LogP contribution in [0.15, 0.2) is 33.9 Å². The predicted octanol–water partition coefficient (Wildman–Crippen LogP) is 3.37. The van der Waals surface area contributed by atoms with Crippen molar-refractivity contribution in [2.45, 2.75) is 59.2 Å². The van der Waals surface area contributed by atoms with Crippen molar-refractivity contribution < 1.29 is 4.74 Å². The molecule has 0 spiro atoms. The van der Waals surface area contributed by atoms with E-state index >= 15 is 0 Å². The van der Waals surface area contributed by atoms with Gasteiger partial charge in [0.05, 0.1) is 12.1 Å². The molecular formula is C22H29ClN4O3. The molecule has 7 nitrogen and oxygen atoms in total. The third-order valence-electron chi connectivity index (χ3n) is 4.97. The highest BCUT2D eigenvalue weighted by Gasteiger charge is 2.20. The molecular weight excluding hydrogens is 404 g/mol. The molecule has 162 valence electrons. The van der Waals surface area contributed by atoms with Gasteiger partial charge in [0, 0.05) is 31.6 Å². The van der Waals surface area contributed by atoms with E-state index in [0.717, 1.165) is 11.4 Å². The van der Waals surface area contributed by atoms with Crippen LogP contribution in [0, 0.1) is 0 Å². The number of aromatic nitrogens is 4. The van der Waals surface area contributed by atoms with Crippen molar-refractivity contribution in [3.05, 3.63) is 61.5 Å². The molecule has 2 aromatic heterocycles. The monoisotopic (exact) mass is 432 g/mol. The minimum atomic E-state index is -0.362. The smallest absolute Gasteiger partial charge is 0.333 e. The minimum Gasteiger partial charge on any atom is -0.376 e. The third kappa shape index (κ3) is 4.68. The Labute approximate surface area is 180 Å². The zero-order valence-electron chi connectivity index (χ0n) is 18.2. The molecule has 2 heterocycles. The van der Waals surface area contributed by atoms with Gasteiger partial charge in [-0.15, -0.1) is 0 Å². The SMILES string of the molecule is CCc1nc2c(c(=O)n(Cc3ccc(Cl)cc3)c(=O)n2CCCOC(C)(C)C)n1C. The molecule has 1 aromatic carbocycles. The summed E-state index contributed by atoms with van der Waals surface area (Å²) in [6.07, 6.45) is 1.31. The van der Waals surface area contributed by atoms with E-state index in [2.05, 4.69) is 4.98 Å². The van der Waals surface area contributed by atoms with E-state index in [9.17, 15) is 9.59 Å². The van der Waals surface area contributed by atoms with Crippen LogP contribution in [0.2, 0.25) is 5.02 Å². The number of rotatable bonds is 7. The lowest BCUT2D eigenvalue weighted by molar-refractivity contribution is -0.00530. The summed E-state index contributed by atoms with van der Waals surface area (Å²) in [6, 6.07) is 7.14. The van der Waals surface area contributed by atoms with E-state index in [1.807, 2.05) is 46.9 Å². The summed E-state index contributed by atoms with van der Waals surface area (Å²) >= 11 is 5.97. The maximum atomic E-state index is 13.3. The van der Waals surface area contributed by atoms with Crippen molar-refractivity contribution in [3.8, 4) is 0 Å². The second-order valence-corrected chi connectivity index (χ2v) is 8.82. The van der Waals surface area contributed by atoms with Gasteiger partial charge >= 0.3 is 5.69 Å². The lowest BCUT2D eigenvalue weighted by Crippen LogP contribution is -2.41. The molecule has 0 atom stereocenters. The van der Waals surface area contributed by atoms with Gasteiger partial charge in [0.25, 0.3) is 5.56 Å². The summed E-state index contributed by atoms with van der Waals surface area (Å²) in [7, 11) is 1.82. The molecule has 0 aliphatic carbocycles. The number of hydrogen-bond acceptors (Lipinski definition) is 4. The van der Waals surface area contributed by atoms with E-state index in [1.54, 1.807) is 21.3 Å². The average molecular weight is 433 g/mol. The first-order chi connectivity index (χ1) is 14.1. The van der Waals surface area contributed by atoms with Crippen molar-refractivity contribution in [2.75, 3.05) is 6.61 Å². The lowest BCUT2D eigenvalue weighted by atomic mass is 10.2. The number of aryl methyl sites for hydroxylation is 3. The Bertz CT molecular complexity index is 1150. The number of imidazole rings is 1. The Balaban J connectivity index is 2.07. The molecule has 0 aliphatic rings. The summed E-state index contributed by atoms with van der Waals surface area (Å²) in [4.78, 5) is 31.1. The molecule has 0 unspecified atom stereocenters.